The van der Waals surface area contributed by atoms with Crippen LogP contribution >= 0.6 is 0 Å². The molecule has 1 N–H and O–H groups in total. The Bertz CT molecular complexity index is 409. The first-order chi connectivity index (χ1) is 12.2. The van der Waals surface area contributed by atoms with E-state index in [1.807, 2.05) is 0 Å². The molecule has 0 aromatic rings. The normalized spacial score (nSPS) is 29.1. The fourth-order valence-corrected chi connectivity index (χ4v) is 4.81. The number of amides is 1. The second-order valence-corrected chi connectivity index (χ2v) is 8.48. The van der Waals surface area contributed by atoms with Crippen molar-refractivity contribution >= 4 is 5.91 Å². The van der Waals surface area contributed by atoms with Crippen molar-refractivity contribution < 1.29 is 4.79 Å². The standard InChI is InChI=1S/C20H38N4O/c1-22-11-7-12-23(15-14-22)17-20(25)21-18-8-6-13-24(16-18)19-9-4-2-3-5-10-19/h18-19H,2-17H2,1H3,(H,21,25). The first-order valence-electron chi connectivity index (χ1n) is 10.6. The molecule has 1 atom stereocenters. The van der Waals surface area contributed by atoms with Crippen LogP contribution in [0.5, 0.6) is 0 Å². The second-order valence-electron chi connectivity index (χ2n) is 8.48. The molecule has 5 heteroatoms. The van der Waals surface area contributed by atoms with Gasteiger partial charge in [-0.2, -0.15) is 0 Å². The van der Waals surface area contributed by atoms with Crippen molar-refractivity contribution in [1.29, 1.82) is 0 Å². The molecule has 2 heterocycles. The number of nitrogens with one attached hydrogen (secondary N) is 1. The molecule has 0 aromatic heterocycles. The molecule has 5 nitrogen and oxygen atoms in total. The van der Waals surface area contributed by atoms with Gasteiger partial charge in [-0.25, -0.2) is 0 Å². The summed E-state index contributed by atoms with van der Waals surface area (Å²) < 4.78 is 0. The van der Waals surface area contributed by atoms with Crippen LogP contribution in [0.25, 0.3) is 0 Å². The zero-order valence-corrected chi connectivity index (χ0v) is 16.2. The minimum Gasteiger partial charge on any atom is -0.351 e. The molecule has 1 saturated carbocycles. The number of likely N-dealkylation sites (N-methyl/N-ethyl adjacent to an activating group) is 1. The van der Waals surface area contributed by atoms with E-state index in [4.69, 9.17) is 0 Å². The summed E-state index contributed by atoms with van der Waals surface area (Å²) >= 11 is 0. The van der Waals surface area contributed by atoms with Gasteiger partial charge in [-0.1, -0.05) is 25.7 Å². The highest BCUT2D eigenvalue weighted by Gasteiger charge is 2.27. The predicted octanol–water partition coefficient (Wildman–Crippen LogP) is 1.93. The first kappa shape index (κ1) is 19.1. The van der Waals surface area contributed by atoms with E-state index in [9.17, 15) is 4.79 Å². The lowest BCUT2D eigenvalue weighted by Gasteiger charge is -2.38. The fraction of sp³-hybridized carbons (Fsp3) is 0.950. The van der Waals surface area contributed by atoms with Gasteiger partial charge in [0.05, 0.1) is 6.54 Å². The summed E-state index contributed by atoms with van der Waals surface area (Å²) in [5.41, 5.74) is 0. The molecule has 1 unspecified atom stereocenters. The lowest BCUT2D eigenvalue weighted by atomic mass is 10.00. The van der Waals surface area contributed by atoms with Crippen molar-refractivity contribution in [1.82, 2.24) is 20.0 Å². The number of nitrogens with zero attached hydrogens (tertiary/aromatic N) is 3. The number of piperidine rings is 1. The highest BCUT2D eigenvalue weighted by Crippen LogP contribution is 2.24. The summed E-state index contributed by atoms with van der Waals surface area (Å²) in [5, 5.41) is 3.35. The fourth-order valence-electron chi connectivity index (χ4n) is 4.81. The van der Waals surface area contributed by atoms with E-state index in [1.54, 1.807) is 0 Å². The number of hydrogen-bond donors (Lipinski definition) is 1. The molecule has 2 saturated heterocycles. The van der Waals surface area contributed by atoms with Crippen LogP contribution in [0.15, 0.2) is 0 Å². The zero-order valence-electron chi connectivity index (χ0n) is 16.2. The largest absolute Gasteiger partial charge is 0.351 e. The van der Waals surface area contributed by atoms with E-state index in [0.29, 0.717) is 12.6 Å². The van der Waals surface area contributed by atoms with Gasteiger partial charge < -0.3 is 10.2 Å². The molecule has 3 aliphatic rings. The van der Waals surface area contributed by atoms with Crippen LogP contribution in [-0.2, 0) is 4.79 Å². The van der Waals surface area contributed by atoms with Gasteiger partial charge in [-0.15, -0.1) is 0 Å². The Morgan fingerprint density at radius 1 is 0.880 bits per heavy atom. The Hall–Kier alpha value is -0.650. The SMILES string of the molecule is CN1CCCN(CC(=O)NC2CCCN(C3CCCCCC3)C2)CC1. The smallest absolute Gasteiger partial charge is 0.234 e. The van der Waals surface area contributed by atoms with Gasteiger partial charge in [0.1, 0.15) is 0 Å². The third-order valence-corrected chi connectivity index (χ3v) is 6.34. The Morgan fingerprint density at radius 3 is 2.48 bits per heavy atom. The van der Waals surface area contributed by atoms with Crippen molar-refractivity contribution in [2.24, 2.45) is 0 Å². The Kier molecular flexibility index (Phi) is 7.56. The number of hydrogen-bond acceptors (Lipinski definition) is 4. The van der Waals surface area contributed by atoms with Crippen LogP contribution in [0.1, 0.15) is 57.8 Å². The lowest BCUT2D eigenvalue weighted by Crippen LogP contribution is -2.52. The van der Waals surface area contributed by atoms with Crippen LogP contribution in [-0.4, -0.2) is 85.6 Å². The maximum Gasteiger partial charge on any atom is 0.234 e. The second kappa shape index (κ2) is 9.89. The van der Waals surface area contributed by atoms with E-state index in [-0.39, 0.29) is 5.91 Å². The van der Waals surface area contributed by atoms with E-state index in [1.165, 1.54) is 57.9 Å². The molecule has 0 radical (unpaired) electrons. The highest BCUT2D eigenvalue weighted by molar-refractivity contribution is 5.78. The Labute approximate surface area is 154 Å². The molecular formula is C20H38N4O. The molecule has 144 valence electrons. The quantitative estimate of drug-likeness (QED) is 0.787. The predicted molar refractivity (Wildman–Crippen MR) is 103 cm³/mol. The summed E-state index contributed by atoms with van der Waals surface area (Å²) in [6, 6.07) is 1.13. The summed E-state index contributed by atoms with van der Waals surface area (Å²) in [5.74, 6) is 0.234. The van der Waals surface area contributed by atoms with E-state index in [2.05, 4.69) is 27.1 Å². The van der Waals surface area contributed by atoms with Crippen LogP contribution in [0.2, 0.25) is 0 Å². The average molecular weight is 351 g/mol. The van der Waals surface area contributed by atoms with Crippen molar-refractivity contribution in [3.63, 3.8) is 0 Å². The Morgan fingerprint density at radius 2 is 1.68 bits per heavy atom. The summed E-state index contributed by atoms with van der Waals surface area (Å²) in [6.45, 7) is 7.17. The maximum absolute atomic E-state index is 12.5. The highest BCUT2D eigenvalue weighted by atomic mass is 16.2. The van der Waals surface area contributed by atoms with Crippen LogP contribution in [0.3, 0.4) is 0 Å². The molecule has 3 rings (SSSR count). The van der Waals surface area contributed by atoms with Crippen molar-refractivity contribution in [3.8, 4) is 0 Å². The average Bonchev–Trinajstić information content (AvgIpc) is 2.98. The third kappa shape index (κ3) is 6.22. The zero-order chi connectivity index (χ0) is 17.5. The molecule has 0 spiro atoms. The minimum atomic E-state index is 0.234. The van der Waals surface area contributed by atoms with Gasteiger partial charge in [0.2, 0.25) is 5.91 Å². The molecule has 1 aliphatic carbocycles. The van der Waals surface area contributed by atoms with E-state index in [0.717, 1.165) is 45.2 Å². The molecule has 2 aliphatic heterocycles. The monoisotopic (exact) mass is 350 g/mol. The van der Waals surface area contributed by atoms with Crippen molar-refractivity contribution in [3.05, 3.63) is 0 Å². The van der Waals surface area contributed by atoms with Gasteiger partial charge in [0.15, 0.2) is 0 Å². The number of rotatable bonds is 4. The first-order valence-corrected chi connectivity index (χ1v) is 10.6. The number of likely N-dealkylation sites (tertiary alicyclic amines) is 1. The van der Waals surface area contributed by atoms with Crippen molar-refractivity contribution in [2.75, 3.05) is 52.9 Å². The van der Waals surface area contributed by atoms with Crippen LogP contribution in [0, 0.1) is 0 Å². The van der Waals surface area contributed by atoms with Crippen LogP contribution in [0.4, 0.5) is 0 Å². The summed E-state index contributed by atoms with van der Waals surface area (Å²) in [4.78, 5) is 19.9. The minimum absolute atomic E-state index is 0.234. The van der Waals surface area contributed by atoms with Crippen molar-refractivity contribution in [2.45, 2.75) is 69.9 Å². The van der Waals surface area contributed by atoms with Gasteiger partial charge >= 0.3 is 0 Å². The van der Waals surface area contributed by atoms with Crippen LogP contribution < -0.4 is 5.32 Å². The number of carbonyl (C=O) groups is 1. The number of carbonyl (C=O) groups excluding carboxylic acids is 1. The molecule has 3 fully saturated rings. The lowest BCUT2D eigenvalue weighted by molar-refractivity contribution is -0.123. The summed E-state index contributed by atoms with van der Waals surface area (Å²) in [6.07, 6.45) is 11.9. The molecule has 25 heavy (non-hydrogen) atoms. The van der Waals surface area contributed by atoms with Gasteiger partial charge in [0.25, 0.3) is 0 Å². The maximum atomic E-state index is 12.5. The topological polar surface area (TPSA) is 38.8 Å². The van der Waals surface area contributed by atoms with E-state index >= 15 is 0 Å². The van der Waals surface area contributed by atoms with Gasteiger partial charge in [-0.05, 0) is 58.8 Å². The van der Waals surface area contributed by atoms with E-state index < -0.39 is 0 Å². The molecule has 0 aromatic carbocycles. The third-order valence-electron chi connectivity index (χ3n) is 6.34. The Balaban J connectivity index is 1.42. The van der Waals surface area contributed by atoms with Gasteiger partial charge in [0, 0.05) is 31.7 Å². The van der Waals surface area contributed by atoms with Gasteiger partial charge in [-0.3, -0.25) is 14.6 Å². The molecule has 1 amide bonds. The molecule has 0 bridgehead atoms. The summed E-state index contributed by atoms with van der Waals surface area (Å²) in [7, 11) is 2.17. The molecular weight excluding hydrogens is 312 g/mol.